The molecule has 37 heavy (non-hydrogen) atoms. The fourth-order valence-electron chi connectivity index (χ4n) is 4.36. The first kappa shape index (κ1) is 29.2. The van der Waals surface area contributed by atoms with Crippen LogP contribution in [0.5, 0.6) is 5.75 Å². The van der Waals surface area contributed by atoms with Crippen molar-refractivity contribution in [2.75, 3.05) is 0 Å². The Morgan fingerprint density at radius 2 is 1.19 bits per heavy atom. The van der Waals surface area contributed by atoms with E-state index in [2.05, 4.69) is 20.8 Å². The number of phenols is 1. The molecule has 4 aromatic carbocycles. The van der Waals surface area contributed by atoms with E-state index in [0.717, 1.165) is 22.3 Å². The molecule has 0 saturated heterocycles. The average molecular weight is 568 g/mol. The maximum absolute atomic E-state index is 12.4. The second-order valence-corrected chi connectivity index (χ2v) is 12.2. The zero-order valence-electron chi connectivity index (χ0n) is 21.1. The van der Waals surface area contributed by atoms with Crippen LogP contribution in [0.4, 0.5) is 0 Å². The van der Waals surface area contributed by atoms with Gasteiger partial charge in [-0.3, -0.25) is 4.99 Å². The summed E-state index contributed by atoms with van der Waals surface area (Å²) < 4.78 is 0. The van der Waals surface area contributed by atoms with E-state index >= 15 is 0 Å². The van der Waals surface area contributed by atoms with Gasteiger partial charge < -0.3 is 10.2 Å². The molecule has 0 unspecified atom stereocenters. The molecule has 0 aliphatic heterocycles. The van der Waals surface area contributed by atoms with Gasteiger partial charge >= 0.3 is 35.6 Å². The number of aromatic hydroxyl groups is 1. The number of hydrogen-bond donors (Lipinski definition) is 2. The van der Waals surface area contributed by atoms with Crippen LogP contribution in [0.25, 0.3) is 0 Å². The van der Waals surface area contributed by atoms with Crippen LogP contribution in [0.3, 0.4) is 0 Å². The van der Waals surface area contributed by atoms with Gasteiger partial charge in [-0.15, -0.1) is 0 Å². The van der Waals surface area contributed by atoms with Gasteiger partial charge in [0, 0.05) is 11.8 Å². The Balaban J connectivity index is 0.00000121. The van der Waals surface area contributed by atoms with E-state index in [1.807, 2.05) is 109 Å². The van der Waals surface area contributed by atoms with E-state index in [1.165, 1.54) is 0 Å². The minimum absolute atomic E-state index is 0.207. The van der Waals surface area contributed by atoms with Crippen LogP contribution in [0.2, 0.25) is 0 Å². The molecule has 0 bridgehead atoms. The molecule has 0 spiro atoms. The van der Waals surface area contributed by atoms with Crippen molar-refractivity contribution >= 4 is 24.8 Å². The average Bonchev–Trinajstić information content (AvgIpc) is 2.91. The summed E-state index contributed by atoms with van der Waals surface area (Å²) in [5.41, 5.74) is 2.23. The van der Waals surface area contributed by atoms with E-state index in [1.54, 1.807) is 6.21 Å². The standard InChI is InChI=1S/C31H31NO2.2ClH.Ti/c1-30(2,3)27-21-13-16-24(28(27)33)22-32-29(23-14-7-4-8-15-23)31(34,25-17-9-5-10-18-25)26-19-11-6-12-20-26;;;/h4-22,29,33-34H,1-3H3;2*1H;/q;;;+2/p-2/t29-;;;/m1.../s1. The number of aliphatic imine (C=N–C) groups is 1. The van der Waals surface area contributed by atoms with Crippen LogP contribution in [0.1, 0.15) is 54.6 Å². The molecule has 0 aromatic heterocycles. The van der Waals surface area contributed by atoms with Crippen molar-refractivity contribution in [2.24, 2.45) is 4.99 Å². The van der Waals surface area contributed by atoms with Crippen molar-refractivity contribution in [3.8, 4) is 5.75 Å². The van der Waals surface area contributed by atoms with Gasteiger partial charge in [0.15, 0.2) is 0 Å². The Morgan fingerprint density at radius 3 is 1.65 bits per heavy atom. The minimum atomic E-state index is -1.42. The van der Waals surface area contributed by atoms with E-state index < -0.39 is 28.7 Å². The Morgan fingerprint density at radius 1 is 0.730 bits per heavy atom. The quantitative estimate of drug-likeness (QED) is 0.182. The normalized spacial score (nSPS) is 12.5. The first-order valence-corrected chi connectivity index (χ1v) is 16.2. The molecular weight excluding hydrogens is 537 g/mol. The zero-order chi connectivity index (χ0) is 26.9. The predicted molar refractivity (Wildman–Crippen MR) is 151 cm³/mol. The third kappa shape index (κ3) is 7.13. The Bertz CT molecular complexity index is 1240. The molecular formula is C31H31Cl2NO2Ti. The molecule has 6 heteroatoms. The molecule has 0 amide bonds. The van der Waals surface area contributed by atoms with Gasteiger partial charge in [-0.2, -0.15) is 0 Å². The number of phenolic OH excluding ortho intramolecular Hbond substituents is 1. The van der Waals surface area contributed by atoms with Crippen molar-refractivity contribution in [1.82, 2.24) is 0 Å². The summed E-state index contributed by atoms with van der Waals surface area (Å²) in [5.74, 6) is 0.216. The maximum atomic E-state index is 12.4. The second kappa shape index (κ2) is 13.4. The molecule has 4 rings (SSSR count). The number of rotatable bonds is 6. The molecule has 4 aromatic rings. The fourth-order valence-corrected chi connectivity index (χ4v) is 4.36. The van der Waals surface area contributed by atoms with Crippen LogP contribution in [-0.4, -0.2) is 16.4 Å². The van der Waals surface area contributed by atoms with E-state index in [-0.39, 0.29) is 11.2 Å². The number of aliphatic hydroxyl groups is 1. The van der Waals surface area contributed by atoms with E-state index in [4.69, 9.17) is 23.6 Å². The molecule has 0 fully saturated rings. The summed E-state index contributed by atoms with van der Waals surface area (Å²) in [4.78, 5) is 4.94. The number of halogens is 2. The number of para-hydroxylation sites is 1. The predicted octanol–water partition coefficient (Wildman–Crippen LogP) is 8.16. The third-order valence-corrected chi connectivity index (χ3v) is 6.18. The van der Waals surface area contributed by atoms with Crippen LogP contribution in [0.15, 0.2) is 114 Å². The molecule has 1 atom stereocenters. The molecule has 3 nitrogen and oxygen atoms in total. The fraction of sp³-hybridized carbons (Fsp3) is 0.194. The zero-order valence-corrected chi connectivity index (χ0v) is 24.2. The molecule has 2 N–H and O–H groups in total. The monoisotopic (exact) mass is 567 g/mol. The molecule has 0 aliphatic carbocycles. The second-order valence-electron chi connectivity index (χ2n) is 9.65. The van der Waals surface area contributed by atoms with Gasteiger partial charge in [-0.05, 0) is 33.7 Å². The van der Waals surface area contributed by atoms with E-state index in [0.29, 0.717) is 5.56 Å². The topological polar surface area (TPSA) is 52.8 Å². The van der Waals surface area contributed by atoms with Gasteiger partial charge in [-0.25, -0.2) is 0 Å². The summed E-state index contributed by atoms with van der Waals surface area (Å²) in [7, 11) is 9.78. The first-order valence-electron chi connectivity index (χ1n) is 11.9. The molecule has 0 heterocycles. The number of benzene rings is 4. The van der Waals surface area contributed by atoms with Gasteiger partial charge in [-0.1, -0.05) is 124 Å². The first-order chi connectivity index (χ1) is 17.7. The summed E-state index contributed by atoms with van der Waals surface area (Å²) in [5, 5.41) is 23.4. The molecule has 190 valence electrons. The molecule has 0 saturated carbocycles. The summed E-state index contributed by atoms with van der Waals surface area (Å²) in [6, 6.07) is 34.2. The van der Waals surface area contributed by atoms with Crippen molar-refractivity contribution in [3.63, 3.8) is 0 Å². The Labute approximate surface area is 236 Å². The van der Waals surface area contributed by atoms with Crippen molar-refractivity contribution in [3.05, 3.63) is 137 Å². The summed E-state index contributed by atoms with van der Waals surface area (Å²) in [6.45, 7) is 6.21. The Hall–Kier alpha value is -2.40. The number of hydrogen-bond acceptors (Lipinski definition) is 3. The van der Waals surface area contributed by atoms with Crippen molar-refractivity contribution in [2.45, 2.75) is 37.8 Å². The van der Waals surface area contributed by atoms with E-state index in [9.17, 15) is 10.2 Å². The van der Waals surface area contributed by atoms with Crippen molar-refractivity contribution in [1.29, 1.82) is 0 Å². The van der Waals surface area contributed by atoms with Gasteiger partial charge in [0.25, 0.3) is 0 Å². The molecule has 0 aliphatic rings. The van der Waals surface area contributed by atoms with Gasteiger partial charge in [0.2, 0.25) is 0 Å². The summed E-state index contributed by atoms with van der Waals surface area (Å²) >= 11 is -0.556. The van der Waals surface area contributed by atoms with Crippen LogP contribution < -0.4 is 0 Å². The van der Waals surface area contributed by atoms with Crippen LogP contribution >= 0.6 is 18.6 Å². The Kier molecular flexibility index (Phi) is 10.6. The van der Waals surface area contributed by atoms with Gasteiger partial charge in [0.05, 0.1) is 0 Å². The van der Waals surface area contributed by atoms with Crippen molar-refractivity contribution < 1.29 is 27.2 Å². The van der Waals surface area contributed by atoms with Crippen LogP contribution in [-0.2, 0) is 28.0 Å². The molecule has 0 radical (unpaired) electrons. The summed E-state index contributed by atoms with van der Waals surface area (Å²) in [6.07, 6.45) is 1.68. The van der Waals surface area contributed by atoms with Crippen LogP contribution in [0, 0.1) is 0 Å². The third-order valence-electron chi connectivity index (χ3n) is 6.18. The number of nitrogens with zero attached hydrogens (tertiary/aromatic N) is 1. The van der Waals surface area contributed by atoms with Gasteiger partial charge in [0.1, 0.15) is 17.4 Å². The SMILES string of the molecule is CC(C)(C)c1cccc(C=N[C@H](c2ccccc2)C(O)(c2ccccc2)c2ccccc2)c1O.[Cl][Ti][Cl].